The van der Waals surface area contributed by atoms with Gasteiger partial charge in [-0.05, 0) is 11.6 Å². The number of benzene rings is 1. The van der Waals surface area contributed by atoms with Crippen LogP contribution in [-0.4, -0.2) is 17.5 Å². The Morgan fingerprint density at radius 1 is 0.762 bits per heavy atom. The van der Waals surface area contributed by atoms with E-state index in [1.54, 1.807) is 0 Å². The zero-order valence-electron chi connectivity index (χ0n) is 9.81. The average Bonchev–Trinajstić information content (AvgIpc) is 2.23. The van der Waals surface area contributed by atoms with Crippen molar-refractivity contribution in [3.8, 4) is 0 Å². The minimum Gasteiger partial charge on any atom is -0.387 e. The summed E-state index contributed by atoms with van der Waals surface area (Å²) in [5.41, 5.74) is -3.24. The fourth-order valence-corrected chi connectivity index (χ4v) is 1.74. The predicted molar refractivity (Wildman–Crippen MR) is 52.0 cm³/mol. The topological polar surface area (TPSA) is 20.2 Å². The van der Waals surface area contributed by atoms with Crippen molar-refractivity contribution in [2.45, 2.75) is 24.6 Å². The second-order valence-electron chi connectivity index (χ2n) is 4.09. The van der Waals surface area contributed by atoms with Crippen LogP contribution in [-0.2, 0) is 6.18 Å². The zero-order chi connectivity index (χ0) is 16.6. The number of hydrogen-bond donors (Lipinski definition) is 1. The Balaban J connectivity index is 3.39. The van der Waals surface area contributed by atoms with Gasteiger partial charge in [0.2, 0.25) is 0 Å². The Bertz CT molecular complexity index is 472. The van der Waals surface area contributed by atoms with E-state index in [2.05, 4.69) is 0 Å². The van der Waals surface area contributed by atoms with Crippen LogP contribution in [0.4, 0.5) is 39.5 Å². The molecule has 1 unspecified atom stereocenters. The molecule has 0 amide bonds. The zero-order valence-corrected chi connectivity index (χ0v) is 9.81. The van der Waals surface area contributed by atoms with E-state index >= 15 is 0 Å². The normalized spacial score (nSPS) is 15.4. The quantitative estimate of drug-likeness (QED) is 0.795. The Hall–Kier alpha value is -1.45. The Morgan fingerprint density at radius 2 is 1.19 bits per heavy atom. The lowest BCUT2D eigenvalue weighted by atomic mass is 9.91. The van der Waals surface area contributed by atoms with Crippen LogP contribution < -0.4 is 0 Å². The van der Waals surface area contributed by atoms with Crippen molar-refractivity contribution in [1.82, 2.24) is 0 Å². The highest BCUT2D eigenvalue weighted by Crippen LogP contribution is 2.48. The first-order chi connectivity index (χ1) is 9.26. The second-order valence-corrected chi connectivity index (χ2v) is 4.09. The van der Waals surface area contributed by atoms with Gasteiger partial charge in [-0.2, -0.15) is 39.5 Å². The molecule has 10 heteroatoms. The maximum Gasteiger partial charge on any atom is 0.416 e. The number of aliphatic hydroxyl groups is 1. The lowest BCUT2D eigenvalue weighted by Crippen LogP contribution is -2.41. The molecule has 0 aliphatic heterocycles. The molecule has 0 aliphatic carbocycles. The van der Waals surface area contributed by atoms with Gasteiger partial charge < -0.3 is 5.11 Å². The van der Waals surface area contributed by atoms with Crippen molar-refractivity contribution in [2.75, 3.05) is 0 Å². The molecule has 0 saturated carbocycles. The summed E-state index contributed by atoms with van der Waals surface area (Å²) in [7, 11) is 0. The van der Waals surface area contributed by atoms with Gasteiger partial charge in [0.25, 0.3) is 0 Å². The molecule has 0 aromatic heterocycles. The Labute approximate surface area is 112 Å². The van der Waals surface area contributed by atoms with Gasteiger partial charge >= 0.3 is 18.5 Å². The van der Waals surface area contributed by atoms with Gasteiger partial charge in [0.15, 0.2) is 5.92 Å². The third kappa shape index (κ3) is 4.02. The molecule has 120 valence electrons. The van der Waals surface area contributed by atoms with E-state index in [4.69, 9.17) is 0 Å². The van der Waals surface area contributed by atoms with E-state index in [1.165, 1.54) is 0 Å². The van der Waals surface area contributed by atoms with E-state index in [-0.39, 0.29) is 0 Å². The lowest BCUT2D eigenvalue weighted by molar-refractivity contribution is -0.308. The van der Waals surface area contributed by atoms with Crippen molar-refractivity contribution in [1.29, 1.82) is 0 Å². The first-order valence-electron chi connectivity index (χ1n) is 5.24. The van der Waals surface area contributed by atoms with Gasteiger partial charge in [-0.1, -0.05) is 18.2 Å². The van der Waals surface area contributed by atoms with Gasteiger partial charge in [0.05, 0.1) is 11.7 Å². The smallest absolute Gasteiger partial charge is 0.387 e. The summed E-state index contributed by atoms with van der Waals surface area (Å²) in [6.07, 6.45) is -20.5. The molecular formula is C11H7F9O. The van der Waals surface area contributed by atoms with Crippen LogP contribution in [0.5, 0.6) is 0 Å². The highest BCUT2D eigenvalue weighted by molar-refractivity contribution is 5.32. The van der Waals surface area contributed by atoms with Crippen LogP contribution in [0.15, 0.2) is 24.3 Å². The van der Waals surface area contributed by atoms with Gasteiger partial charge in [-0.3, -0.25) is 0 Å². The molecule has 1 aromatic carbocycles. The molecule has 0 saturated heterocycles. The summed E-state index contributed by atoms with van der Waals surface area (Å²) in [5, 5.41) is 9.26. The van der Waals surface area contributed by atoms with Gasteiger partial charge in [-0.15, -0.1) is 0 Å². The SMILES string of the molecule is OC(c1ccccc1C(F)(F)F)C(C(F)(F)F)C(F)(F)F. The molecule has 1 N–H and O–H groups in total. The molecule has 1 rings (SSSR count). The maximum atomic E-state index is 12.6. The van der Waals surface area contributed by atoms with Crippen LogP contribution in [0.3, 0.4) is 0 Å². The fourth-order valence-electron chi connectivity index (χ4n) is 1.74. The minimum absolute atomic E-state index is 0.294. The van der Waals surface area contributed by atoms with Crippen LogP contribution in [0.25, 0.3) is 0 Å². The maximum absolute atomic E-state index is 12.6. The number of aliphatic hydroxyl groups excluding tert-OH is 1. The Morgan fingerprint density at radius 3 is 1.57 bits per heavy atom. The van der Waals surface area contributed by atoms with Crippen LogP contribution >= 0.6 is 0 Å². The number of hydrogen-bond acceptors (Lipinski definition) is 1. The highest BCUT2D eigenvalue weighted by atomic mass is 19.4. The van der Waals surface area contributed by atoms with Crippen molar-refractivity contribution in [3.05, 3.63) is 35.4 Å². The molecule has 1 aromatic rings. The third-order valence-corrected chi connectivity index (χ3v) is 2.61. The summed E-state index contributed by atoms with van der Waals surface area (Å²) in [6, 6.07) is 2.26. The molecule has 1 atom stereocenters. The first kappa shape index (κ1) is 17.6. The Kier molecular flexibility index (Phi) is 4.52. The summed E-state index contributed by atoms with van der Waals surface area (Å²) >= 11 is 0. The molecule has 1 nitrogen and oxygen atoms in total. The molecule has 0 bridgehead atoms. The largest absolute Gasteiger partial charge is 0.416 e. The standard InChI is InChI=1S/C11H7F9O/c12-9(13,14)6-4-2-1-3-5(6)7(21)8(10(15,16)17)11(18,19)20/h1-4,7-8,21H. The van der Waals surface area contributed by atoms with Crippen molar-refractivity contribution < 1.29 is 44.6 Å². The van der Waals surface area contributed by atoms with E-state index in [0.717, 1.165) is 12.1 Å². The van der Waals surface area contributed by atoms with E-state index in [1.807, 2.05) is 0 Å². The van der Waals surface area contributed by atoms with Crippen LogP contribution in [0.2, 0.25) is 0 Å². The number of halogens is 9. The van der Waals surface area contributed by atoms with Crippen molar-refractivity contribution in [3.63, 3.8) is 0 Å². The van der Waals surface area contributed by atoms with Crippen LogP contribution in [0.1, 0.15) is 17.2 Å². The van der Waals surface area contributed by atoms with E-state index in [9.17, 15) is 44.6 Å². The van der Waals surface area contributed by atoms with Gasteiger partial charge in [0, 0.05) is 0 Å². The predicted octanol–water partition coefficient (Wildman–Crippen LogP) is 4.48. The average molecular weight is 326 g/mol. The molecule has 0 radical (unpaired) electrons. The summed E-state index contributed by atoms with van der Waals surface area (Å²) in [4.78, 5) is 0. The van der Waals surface area contributed by atoms with Gasteiger partial charge in [-0.25, -0.2) is 0 Å². The number of rotatable bonds is 2. The van der Waals surface area contributed by atoms with Gasteiger partial charge in [0.1, 0.15) is 0 Å². The first-order valence-corrected chi connectivity index (χ1v) is 5.24. The molecule has 21 heavy (non-hydrogen) atoms. The van der Waals surface area contributed by atoms with Crippen molar-refractivity contribution >= 4 is 0 Å². The van der Waals surface area contributed by atoms with E-state index < -0.39 is 41.7 Å². The molecule has 0 fully saturated rings. The molecule has 0 spiro atoms. The lowest BCUT2D eigenvalue weighted by Gasteiger charge is -2.29. The van der Waals surface area contributed by atoms with Crippen LogP contribution in [0, 0.1) is 5.92 Å². The molecular weight excluding hydrogens is 319 g/mol. The summed E-state index contributed by atoms with van der Waals surface area (Å²) in [5.74, 6) is -4.31. The number of alkyl halides is 9. The third-order valence-electron chi connectivity index (χ3n) is 2.61. The highest BCUT2D eigenvalue weighted by Gasteiger charge is 2.61. The minimum atomic E-state index is -5.95. The molecule has 0 aliphatic rings. The fraction of sp³-hybridized carbons (Fsp3) is 0.455. The second kappa shape index (κ2) is 5.39. The van der Waals surface area contributed by atoms with Crippen molar-refractivity contribution in [2.24, 2.45) is 5.92 Å². The summed E-state index contributed by atoms with van der Waals surface area (Å²) < 4.78 is 112. The van der Waals surface area contributed by atoms with E-state index in [0.29, 0.717) is 12.1 Å². The molecule has 0 heterocycles. The monoisotopic (exact) mass is 326 g/mol. The summed E-state index contributed by atoms with van der Waals surface area (Å²) in [6.45, 7) is 0.